The van der Waals surface area contributed by atoms with Crippen LogP contribution < -0.4 is 10.0 Å². The smallest absolute Gasteiger partial charge is 0.475 e. The van der Waals surface area contributed by atoms with E-state index in [1.807, 2.05) is 25.1 Å². The summed E-state index contributed by atoms with van der Waals surface area (Å²) in [6, 6.07) is 5.58. The lowest BCUT2D eigenvalue weighted by atomic mass is 10.1. The number of aliphatic carboxylic acids is 1. The number of alkyl halides is 3. The molecule has 0 fully saturated rings. The third kappa shape index (κ3) is 5.90. The Morgan fingerprint density at radius 3 is 2.14 bits per heavy atom. The van der Waals surface area contributed by atoms with Gasteiger partial charge < -0.3 is 10.8 Å². The second-order valence-corrected chi connectivity index (χ2v) is 6.33. The molecule has 22 heavy (non-hydrogen) atoms. The molecule has 1 rings (SSSR count). The van der Waals surface area contributed by atoms with Crippen molar-refractivity contribution in [3.63, 3.8) is 0 Å². The Hall–Kier alpha value is -1.81. The molecule has 0 radical (unpaired) electrons. The van der Waals surface area contributed by atoms with Crippen molar-refractivity contribution in [2.24, 2.45) is 5.73 Å². The molecule has 0 aliphatic rings. The molecule has 0 heterocycles. The van der Waals surface area contributed by atoms with E-state index in [0.717, 1.165) is 11.1 Å². The number of para-hydroxylation sites is 1. The minimum Gasteiger partial charge on any atom is -0.475 e. The van der Waals surface area contributed by atoms with Crippen LogP contribution in [0.2, 0.25) is 0 Å². The number of carbonyl (C=O) groups is 1. The summed E-state index contributed by atoms with van der Waals surface area (Å²) in [5.41, 5.74) is 8.01. The van der Waals surface area contributed by atoms with Gasteiger partial charge in [-0.15, -0.1) is 0 Å². The third-order valence-corrected chi connectivity index (χ3v) is 3.77. The minimum atomic E-state index is -5.08. The molecule has 0 aliphatic heterocycles. The second-order valence-electron chi connectivity index (χ2n) is 4.32. The van der Waals surface area contributed by atoms with Gasteiger partial charge in [0.1, 0.15) is 0 Å². The number of nitrogens with two attached hydrogens (primary N) is 1. The van der Waals surface area contributed by atoms with E-state index in [4.69, 9.17) is 15.6 Å². The van der Waals surface area contributed by atoms with E-state index >= 15 is 0 Å². The number of hydrogen-bond acceptors (Lipinski definition) is 4. The standard InChI is InChI=1S/C10H16N2O2S.C2HF3O2/c1-8-5-4-6-9(7-11)10(8)12(2)15(3,13)14;3-2(4,5)1(6)7/h4-6H,7,11H2,1-3H3;(H,6,7). The number of anilines is 1. The molecule has 0 unspecified atom stereocenters. The number of sulfonamides is 1. The molecule has 10 heteroatoms. The first-order valence-corrected chi connectivity index (χ1v) is 7.69. The summed E-state index contributed by atoms with van der Waals surface area (Å²) in [5, 5.41) is 7.12. The fourth-order valence-electron chi connectivity index (χ4n) is 1.50. The van der Waals surface area contributed by atoms with Crippen molar-refractivity contribution in [1.82, 2.24) is 0 Å². The van der Waals surface area contributed by atoms with E-state index in [0.29, 0.717) is 12.2 Å². The average molecular weight is 342 g/mol. The number of carboxylic acid groups (broad SMARTS) is 1. The lowest BCUT2D eigenvalue weighted by molar-refractivity contribution is -0.192. The van der Waals surface area contributed by atoms with Crippen molar-refractivity contribution in [3.05, 3.63) is 29.3 Å². The van der Waals surface area contributed by atoms with Gasteiger partial charge in [0.25, 0.3) is 0 Å². The SMILES string of the molecule is Cc1cccc(CN)c1N(C)S(C)(=O)=O.O=C(O)C(F)(F)F. The van der Waals surface area contributed by atoms with Crippen LogP contribution in [-0.4, -0.2) is 39.0 Å². The van der Waals surface area contributed by atoms with Gasteiger partial charge in [-0.05, 0) is 18.1 Å². The third-order valence-electron chi connectivity index (χ3n) is 2.60. The van der Waals surface area contributed by atoms with Gasteiger partial charge in [-0.2, -0.15) is 13.2 Å². The van der Waals surface area contributed by atoms with Crippen molar-refractivity contribution >= 4 is 21.7 Å². The fourth-order valence-corrected chi connectivity index (χ4v) is 2.09. The fraction of sp³-hybridized carbons (Fsp3) is 0.417. The van der Waals surface area contributed by atoms with E-state index in [1.165, 1.54) is 17.6 Å². The van der Waals surface area contributed by atoms with Crippen LogP contribution in [0.4, 0.5) is 18.9 Å². The first kappa shape index (κ1) is 20.2. The first-order valence-electron chi connectivity index (χ1n) is 5.85. The molecule has 0 spiro atoms. The van der Waals surface area contributed by atoms with Crippen LogP contribution in [0.5, 0.6) is 0 Å². The lowest BCUT2D eigenvalue weighted by Gasteiger charge is -2.21. The zero-order valence-corrected chi connectivity index (χ0v) is 13.0. The van der Waals surface area contributed by atoms with Gasteiger partial charge >= 0.3 is 12.1 Å². The Balaban J connectivity index is 0.000000534. The molecule has 1 aromatic carbocycles. The lowest BCUT2D eigenvalue weighted by Crippen LogP contribution is -2.27. The highest BCUT2D eigenvalue weighted by Crippen LogP contribution is 2.25. The van der Waals surface area contributed by atoms with Gasteiger partial charge in [0.05, 0.1) is 11.9 Å². The number of halogens is 3. The van der Waals surface area contributed by atoms with Crippen LogP contribution in [0.1, 0.15) is 11.1 Å². The van der Waals surface area contributed by atoms with Crippen LogP contribution in [0.15, 0.2) is 18.2 Å². The summed E-state index contributed by atoms with van der Waals surface area (Å²) >= 11 is 0. The Morgan fingerprint density at radius 1 is 1.36 bits per heavy atom. The summed E-state index contributed by atoms with van der Waals surface area (Å²) in [6.45, 7) is 2.20. The Labute approximate surface area is 126 Å². The number of rotatable bonds is 3. The van der Waals surface area contributed by atoms with Crippen LogP contribution in [-0.2, 0) is 21.4 Å². The predicted octanol–water partition coefficient (Wildman–Crippen LogP) is 1.48. The highest BCUT2D eigenvalue weighted by atomic mass is 32.2. The normalized spacial score (nSPS) is 11.4. The molecule has 0 amide bonds. The summed E-state index contributed by atoms with van der Waals surface area (Å²) in [5.74, 6) is -2.76. The first-order chi connectivity index (χ1) is 9.82. The molecule has 126 valence electrons. The van der Waals surface area contributed by atoms with Crippen molar-refractivity contribution in [3.8, 4) is 0 Å². The van der Waals surface area contributed by atoms with Gasteiger partial charge in [0.15, 0.2) is 0 Å². The topological polar surface area (TPSA) is 101 Å². The summed E-state index contributed by atoms with van der Waals surface area (Å²) in [6.07, 6.45) is -3.90. The molecule has 0 bridgehead atoms. The van der Waals surface area contributed by atoms with E-state index < -0.39 is 22.2 Å². The van der Waals surface area contributed by atoms with Gasteiger partial charge in [0.2, 0.25) is 10.0 Å². The summed E-state index contributed by atoms with van der Waals surface area (Å²) < 4.78 is 55.9. The Kier molecular flexibility index (Phi) is 6.84. The minimum absolute atomic E-state index is 0.330. The number of nitrogens with zero attached hydrogens (tertiary/aromatic N) is 1. The van der Waals surface area contributed by atoms with Gasteiger partial charge in [-0.1, -0.05) is 18.2 Å². The van der Waals surface area contributed by atoms with Gasteiger partial charge in [-0.25, -0.2) is 13.2 Å². The second kappa shape index (κ2) is 7.45. The number of hydrogen-bond donors (Lipinski definition) is 2. The maximum atomic E-state index is 11.4. The van der Waals surface area contributed by atoms with E-state index in [2.05, 4.69) is 0 Å². The largest absolute Gasteiger partial charge is 0.490 e. The molecular formula is C12H17F3N2O4S. The molecule has 1 aromatic rings. The number of carboxylic acids is 1. The van der Waals surface area contributed by atoms with Crippen molar-refractivity contribution in [2.75, 3.05) is 17.6 Å². The highest BCUT2D eigenvalue weighted by molar-refractivity contribution is 7.92. The molecule has 0 atom stereocenters. The zero-order valence-electron chi connectivity index (χ0n) is 12.2. The number of aryl methyl sites for hydroxylation is 1. The van der Waals surface area contributed by atoms with Gasteiger partial charge in [-0.3, -0.25) is 4.31 Å². The maximum Gasteiger partial charge on any atom is 0.490 e. The van der Waals surface area contributed by atoms with E-state index in [1.54, 1.807) is 0 Å². The molecule has 0 aliphatic carbocycles. The van der Waals surface area contributed by atoms with Crippen LogP contribution in [0.25, 0.3) is 0 Å². The monoisotopic (exact) mass is 342 g/mol. The molecule has 6 nitrogen and oxygen atoms in total. The highest BCUT2D eigenvalue weighted by Gasteiger charge is 2.38. The molecular weight excluding hydrogens is 325 g/mol. The Morgan fingerprint density at radius 2 is 1.82 bits per heavy atom. The Bertz CT molecular complexity index is 630. The molecule has 3 N–H and O–H groups in total. The van der Waals surface area contributed by atoms with Crippen LogP contribution in [0, 0.1) is 6.92 Å². The predicted molar refractivity (Wildman–Crippen MR) is 76.0 cm³/mol. The van der Waals surface area contributed by atoms with Crippen molar-refractivity contribution in [2.45, 2.75) is 19.6 Å². The maximum absolute atomic E-state index is 11.4. The summed E-state index contributed by atoms with van der Waals surface area (Å²) in [4.78, 5) is 8.90. The number of benzene rings is 1. The summed E-state index contributed by atoms with van der Waals surface area (Å²) in [7, 11) is -1.69. The molecule has 0 aromatic heterocycles. The molecule has 0 saturated carbocycles. The van der Waals surface area contributed by atoms with Crippen molar-refractivity contribution in [1.29, 1.82) is 0 Å². The average Bonchev–Trinajstić information content (AvgIpc) is 2.36. The van der Waals surface area contributed by atoms with Crippen LogP contribution >= 0.6 is 0 Å². The zero-order chi connectivity index (χ0) is 17.7. The van der Waals surface area contributed by atoms with Crippen molar-refractivity contribution < 1.29 is 31.5 Å². The quantitative estimate of drug-likeness (QED) is 0.866. The molecule has 0 saturated heterocycles. The van der Waals surface area contributed by atoms with E-state index in [9.17, 15) is 21.6 Å². The van der Waals surface area contributed by atoms with Gasteiger partial charge in [0, 0.05) is 13.6 Å². The van der Waals surface area contributed by atoms with E-state index in [-0.39, 0.29) is 0 Å². The van der Waals surface area contributed by atoms with Crippen LogP contribution in [0.3, 0.4) is 0 Å².